The topological polar surface area (TPSA) is 44.5 Å². The molecule has 1 aromatic rings. The maximum Gasteiger partial charge on any atom is 0.165 e. The van der Waals surface area contributed by atoms with Crippen molar-refractivity contribution in [3.8, 4) is 11.5 Å². The Morgan fingerprint density at radius 1 is 1.36 bits per heavy atom. The van der Waals surface area contributed by atoms with Crippen molar-refractivity contribution in [2.45, 2.75) is 19.9 Å². The third-order valence-electron chi connectivity index (χ3n) is 1.95. The Morgan fingerprint density at radius 3 is 2.71 bits per heavy atom. The van der Waals surface area contributed by atoms with Gasteiger partial charge in [-0.1, -0.05) is 19.1 Å². The first-order valence-corrected chi connectivity index (χ1v) is 4.82. The highest BCUT2D eigenvalue weighted by molar-refractivity contribution is 5.46. The summed E-state index contributed by atoms with van der Waals surface area (Å²) in [5, 5.41) is 0. The highest BCUT2D eigenvalue weighted by atomic mass is 16.5. The molecule has 0 bridgehead atoms. The van der Waals surface area contributed by atoms with Crippen molar-refractivity contribution in [2.24, 2.45) is 5.73 Å². The number of rotatable bonds is 5. The van der Waals surface area contributed by atoms with E-state index >= 15 is 0 Å². The normalized spacial score (nSPS) is 9.93. The van der Waals surface area contributed by atoms with E-state index in [1.165, 1.54) is 0 Å². The zero-order valence-electron chi connectivity index (χ0n) is 8.75. The Kier molecular flexibility index (Phi) is 4.26. The van der Waals surface area contributed by atoms with Gasteiger partial charge in [0.05, 0.1) is 13.7 Å². The van der Waals surface area contributed by atoms with Crippen LogP contribution in [-0.4, -0.2) is 13.7 Å². The standard InChI is InChI=1S/C11H17NO2/c1-3-7-14-11-9(8-12)5-4-6-10(11)13-2/h4-6H,3,7-8,12H2,1-2H3. The maximum atomic E-state index is 5.61. The van der Waals surface area contributed by atoms with E-state index in [0.29, 0.717) is 13.2 Å². The van der Waals surface area contributed by atoms with Crippen LogP contribution in [0.3, 0.4) is 0 Å². The van der Waals surface area contributed by atoms with Gasteiger partial charge in [0.15, 0.2) is 11.5 Å². The molecule has 0 atom stereocenters. The van der Waals surface area contributed by atoms with Crippen LogP contribution in [0.5, 0.6) is 11.5 Å². The monoisotopic (exact) mass is 195 g/mol. The molecule has 0 spiro atoms. The molecule has 0 fully saturated rings. The fourth-order valence-corrected chi connectivity index (χ4v) is 1.25. The van der Waals surface area contributed by atoms with Gasteiger partial charge in [-0.15, -0.1) is 0 Å². The smallest absolute Gasteiger partial charge is 0.165 e. The van der Waals surface area contributed by atoms with E-state index in [2.05, 4.69) is 6.92 Å². The average Bonchev–Trinajstić information content (AvgIpc) is 2.25. The first-order valence-electron chi connectivity index (χ1n) is 4.82. The summed E-state index contributed by atoms with van der Waals surface area (Å²) < 4.78 is 10.8. The molecule has 0 saturated carbocycles. The predicted octanol–water partition coefficient (Wildman–Crippen LogP) is 1.94. The molecule has 0 aliphatic heterocycles. The lowest BCUT2D eigenvalue weighted by Crippen LogP contribution is -2.04. The fourth-order valence-electron chi connectivity index (χ4n) is 1.25. The summed E-state index contributed by atoms with van der Waals surface area (Å²) >= 11 is 0. The second kappa shape index (κ2) is 5.50. The van der Waals surface area contributed by atoms with E-state index in [9.17, 15) is 0 Å². The summed E-state index contributed by atoms with van der Waals surface area (Å²) in [6.45, 7) is 3.22. The Hall–Kier alpha value is -1.22. The van der Waals surface area contributed by atoms with Crippen LogP contribution in [0.25, 0.3) is 0 Å². The molecule has 3 nitrogen and oxygen atoms in total. The summed E-state index contributed by atoms with van der Waals surface area (Å²) in [7, 11) is 1.63. The molecule has 0 aromatic heterocycles. The lowest BCUT2D eigenvalue weighted by Gasteiger charge is -2.13. The van der Waals surface area contributed by atoms with E-state index in [1.54, 1.807) is 7.11 Å². The van der Waals surface area contributed by atoms with Crippen LogP contribution in [0.15, 0.2) is 18.2 Å². The number of nitrogens with two attached hydrogens (primary N) is 1. The molecule has 3 heteroatoms. The molecule has 0 unspecified atom stereocenters. The summed E-state index contributed by atoms with van der Waals surface area (Å²) in [6.07, 6.45) is 0.974. The van der Waals surface area contributed by atoms with Crippen molar-refractivity contribution in [1.29, 1.82) is 0 Å². The average molecular weight is 195 g/mol. The highest BCUT2D eigenvalue weighted by Crippen LogP contribution is 2.30. The molecule has 0 saturated heterocycles. The Labute approximate surface area is 84.8 Å². The SMILES string of the molecule is CCCOc1c(CN)cccc1OC. The molecular formula is C11H17NO2. The van der Waals surface area contributed by atoms with Gasteiger partial charge in [0, 0.05) is 12.1 Å². The maximum absolute atomic E-state index is 5.61. The van der Waals surface area contributed by atoms with Crippen molar-refractivity contribution in [3.63, 3.8) is 0 Å². The van der Waals surface area contributed by atoms with Gasteiger partial charge in [0.25, 0.3) is 0 Å². The highest BCUT2D eigenvalue weighted by Gasteiger charge is 2.08. The summed E-state index contributed by atoms with van der Waals surface area (Å²) in [6, 6.07) is 5.75. The van der Waals surface area contributed by atoms with Crippen LogP contribution in [-0.2, 0) is 6.54 Å². The number of ether oxygens (including phenoxy) is 2. The first kappa shape index (κ1) is 10.9. The van der Waals surface area contributed by atoms with Crippen LogP contribution in [0.1, 0.15) is 18.9 Å². The first-order chi connectivity index (χ1) is 6.83. The minimum absolute atomic E-state index is 0.468. The summed E-state index contributed by atoms with van der Waals surface area (Å²) in [4.78, 5) is 0. The molecule has 0 aliphatic rings. The molecule has 0 heterocycles. The second-order valence-corrected chi connectivity index (χ2v) is 3.00. The fraction of sp³-hybridized carbons (Fsp3) is 0.455. The van der Waals surface area contributed by atoms with Gasteiger partial charge in [0.2, 0.25) is 0 Å². The van der Waals surface area contributed by atoms with E-state index in [1.807, 2.05) is 18.2 Å². The number of hydrogen-bond donors (Lipinski definition) is 1. The van der Waals surface area contributed by atoms with Gasteiger partial charge in [-0.2, -0.15) is 0 Å². The molecule has 0 radical (unpaired) electrons. The number of methoxy groups -OCH3 is 1. The molecule has 14 heavy (non-hydrogen) atoms. The predicted molar refractivity (Wildman–Crippen MR) is 56.7 cm³/mol. The second-order valence-electron chi connectivity index (χ2n) is 3.00. The van der Waals surface area contributed by atoms with Gasteiger partial charge < -0.3 is 15.2 Å². The van der Waals surface area contributed by atoms with Crippen LogP contribution >= 0.6 is 0 Å². The van der Waals surface area contributed by atoms with Crippen molar-refractivity contribution in [3.05, 3.63) is 23.8 Å². The molecule has 2 N–H and O–H groups in total. The molecule has 78 valence electrons. The van der Waals surface area contributed by atoms with Crippen LogP contribution in [0.2, 0.25) is 0 Å². The third kappa shape index (κ3) is 2.39. The van der Waals surface area contributed by atoms with E-state index in [4.69, 9.17) is 15.2 Å². The van der Waals surface area contributed by atoms with E-state index in [-0.39, 0.29) is 0 Å². The van der Waals surface area contributed by atoms with E-state index < -0.39 is 0 Å². The molecule has 0 amide bonds. The zero-order valence-corrected chi connectivity index (χ0v) is 8.75. The van der Waals surface area contributed by atoms with Crippen LogP contribution < -0.4 is 15.2 Å². The number of para-hydroxylation sites is 1. The zero-order chi connectivity index (χ0) is 10.4. The van der Waals surface area contributed by atoms with Gasteiger partial charge in [-0.25, -0.2) is 0 Å². The van der Waals surface area contributed by atoms with Crippen LogP contribution in [0.4, 0.5) is 0 Å². The van der Waals surface area contributed by atoms with Crippen molar-refractivity contribution >= 4 is 0 Å². The van der Waals surface area contributed by atoms with Gasteiger partial charge in [-0.05, 0) is 12.5 Å². The van der Waals surface area contributed by atoms with Crippen molar-refractivity contribution < 1.29 is 9.47 Å². The van der Waals surface area contributed by atoms with Crippen LogP contribution in [0, 0.1) is 0 Å². The van der Waals surface area contributed by atoms with Crippen molar-refractivity contribution in [1.82, 2.24) is 0 Å². The number of hydrogen-bond acceptors (Lipinski definition) is 3. The third-order valence-corrected chi connectivity index (χ3v) is 1.95. The van der Waals surface area contributed by atoms with Gasteiger partial charge in [-0.3, -0.25) is 0 Å². The molecule has 1 aromatic carbocycles. The van der Waals surface area contributed by atoms with Gasteiger partial charge >= 0.3 is 0 Å². The largest absolute Gasteiger partial charge is 0.493 e. The number of benzene rings is 1. The minimum Gasteiger partial charge on any atom is -0.493 e. The summed E-state index contributed by atoms with van der Waals surface area (Å²) in [5.41, 5.74) is 6.59. The van der Waals surface area contributed by atoms with Crippen molar-refractivity contribution in [2.75, 3.05) is 13.7 Å². The van der Waals surface area contributed by atoms with Gasteiger partial charge in [0.1, 0.15) is 0 Å². The quantitative estimate of drug-likeness (QED) is 0.781. The molecule has 1 rings (SSSR count). The minimum atomic E-state index is 0.468. The Bertz CT molecular complexity index is 264. The molecular weight excluding hydrogens is 178 g/mol. The van der Waals surface area contributed by atoms with E-state index in [0.717, 1.165) is 23.5 Å². The lowest BCUT2D eigenvalue weighted by atomic mass is 10.2. The summed E-state index contributed by atoms with van der Waals surface area (Å²) in [5.74, 6) is 1.53. The molecule has 0 aliphatic carbocycles. The lowest BCUT2D eigenvalue weighted by molar-refractivity contribution is 0.291. The Balaban J connectivity index is 2.93. The Morgan fingerprint density at radius 2 is 2.14 bits per heavy atom.